The number of rotatable bonds is 1. The Morgan fingerprint density at radius 2 is 2.05 bits per heavy atom. The van der Waals surface area contributed by atoms with Crippen molar-refractivity contribution in [2.45, 2.75) is 0 Å². The van der Waals surface area contributed by atoms with Gasteiger partial charge in [0.25, 0.3) is 0 Å². The van der Waals surface area contributed by atoms with Crippen molar-refractivity contribution in [3.8, 4) is 0 Å². The number of pyridine rings is 1. The lowest BCUT2D eigenvalue weighted by molar-refractivity contribution is 0.164. The molecule has 0 unspecified atom stereocenters. The molecule has 110 valence electrons. The fourth-order valence-corrected chi connectivity index (χ4v) is 2.40. The smallest absolute Gasteiger partial charge is 0.321 e. The third-order valence-electron chi connectivity index (χ3n) is 3.70. The predicted octanol–water partition coefficient (Wildman–Crippen LogP) is 2.15. The highest BCUT2D eigenvalue weighted by Gasteiger charge is 2.19. The molecule has 1 saturated heterocycles. The van der Waals surface area contributed by atoms with E-state index < -0.39 is 0 Å². The average molecular weight is 288 g/mol. The van der Waals surface area contributed by atoms with Crippen molar-refractivity contribution in [1.29, 1.82) is 0 Å². The van der Waals surface area contributed by atoms with E-state index in [1.165, 1.54) is 12.3 Å². The Morgan fingerprint density at radius 1 is 1.29 bits per heavy atom. The Labute approximate surface area is 122 Å². The zero-order valence-electron chi connectivity index (χ0n) is 11.8. The molecule has 0 bridgehead atoms. The summed E-state index contributed by atoms with van der Waals surface area (Å²) in [5.41, 5.74) is 0.895. The van der Waals surface area contributed by atoms with Crippen molar-refractivity contribution in [1.82, 2.24) is 14.8 Å². The van der Waals surface area contributed by atoms with E-state index >= 15 is 0 Å². The van der Waals surface area contributed by atoms with Gasteiger partial charge in [0, 0.05) is 31.6 Å². The van der Waals surface area contributed by atoms with Crippen LogP contribution in [-0.4, -0.2) is 54.0 Å². The molecule has 2 amide bonds. The number of urea groups is 1. The zero-order valence-corrected chi connectivity index (χ0v) is 11.8. The summed E-state index contributed by atoms with van der Waals surface area (Å²) in [6, 6.07) is 6.38. The Bertz CT molecular complexity index is 668. The number of amides is 2. The Balaban J connectivity index is 1.74. The first-order valence-electron chi connectivity index (χ1n) is 6.92. The lowest BCUT2D eigenvalue weighted by Crippen LogP contribution is -2.48. The van der Waals surface area contributed by atoms with Crippen molar-refractivity contribution in [2.24, 2.45) is 0 Å². The molecule has 0 atom stereocenters. The summed E-state index contributed by atoms with van der Waals surface area (Å²) in [6.07, 6.45) is 1.49. The Hall–Kier alpha value is -2.21. The third kappa shape index (κ3) is 2.95. The van der Waals surface area contributed by atoms with E-state index in [9.17, 15) is 9.18 Å². The van der Waals surface area contributed by atoms with Crippen LogP contribution in [0.5, 0.6) is 0 Å². The molecule has 5 nitrogen and oxygen atoms in total. The number of hydrogen-bond donors (Lipinski definition) is 1. The van der Waals surface area contributed by atoms with Gasteiger partial charge in [-0.2, -0.15) is 0 Å². The number of carbonyl (C=O) groups excluding carboxylic acids is 1. The zero-order chi connectivity index (χ0) is 14.8. The van der Waals surface area contributed by atoms with Crippen LogP contribution >= 0.6 is 0 Å². The van der Waals surface area contributed by atoms with Gasteiger partial charge in [0.15, 0.2) is 0 Å². The van der Waals surface area contributed by atoms with Gasteiger partial charge in [0.1, 0.15) is 11.3 Å². The first-order valence-corrected chi connectivity index (χ1v) is 6.92. The lowest BCUT2D eigenvalue weighted by atomic mass is 10.2. The number of piperazine rings is 1. The Kier molecular flexibility index (Phi) is 3.70. The molecule has 1 fully saturated rings. The number of halogens is 1. The molecule has 0 aliphatic carbocycles. The predicted molar refractivity (Wildman–Crippen MR) is 79.8 cm³/mol. The minimum Gasteiger partial charge on any atom is -0.322 e. The second-order valence-electron chi connectivity index (χ2n) is 5.26. The number of hydrogen-bond acceptors (Lipinski definition) is 3. The summed E-state index contributed by atoms with van der Waals surface area (Å²) in [5.74, 6) is -0.357. The van der Waals surface area contributed by atoms with Gasteiger partial charge in [-0.3, -0.25) is 4.98 Å². The lowest BCUT2D eigenvalue weighted by Gasteiger charge is -2.32. The molecule has 21 heavy (non-hydrogen) atoms. The SMILES string of the molecule is CN1CCN(C(=O)Nc2cnc3c(F)cccc3c2)CC1. The fraction of sp³-hybridized carbons (Fsp3) is 0.333. The van der Waals surface area contributed by atoms with E-state index in [4.69, 9.17) is 0 Å². The molecule has 1 N–H and O–H groups in total. The fourth-order valence-electron chi connectivity index (χ4n) is 2.40. The first kappa shape index (κ1) is 13.8. The van der Waals surface area contributed by atoms with Crippen LogP contribution in [-0.2, 0) is 0 Å². The normalized spacial score (nSPS) is 16.2. The highest BCUT2D eigenvalue weighted by atomic mass is 19.1. The van der Waals surface area contributed by atoms with Crippen LogP contribution in [0.15, 0.2) is 30.5 Å². The highest BCUT2D eigenvalue weighted by molar-refractivity contribution is 5.92. The first-order chi connectivity index (χ1) is 10.1. The van der Waals surface area contributed by atoms with Crippen LogP contribution in [0.25, 0.3) is 10.9 Å². The van der Waals surface area contributed by atoms with Gasteiger partial charge in [0.2, 0.25) is 0 Å². The number of benzene rings is 1. The van der Waals surface area contributed by atoms with Crippen molar-refractivity contribution in [2.75, 3.05) is 38.5 Å². The van der Waals surface area contributed by atoms with Crippen LogP contribution in [0.4, 0.5) is 14.9 Å². The molecular formula is C15H17FN4O. The standard InChI is InChI=1S/C15H17FN4O/c1-19-5-7-20(8-6-19)15(21)18-12-9-11-3-2-4-13(16)14(11)17-10-12/h2-4,9-10H,5-8H2,1H3,(H,18,21). The number of nitrogens with zero attached hydrogens (tertiary/aromatic N) is 3. The largest absolute Gasteiger partial charge is 0.322 e. The molecule has 1 aromatic heterocycles. The molecule has 3 rings (SSSR count). The molecule has 0 radical (unpaired) electrons. The molecule has 1 aliphatic heterocycles. The number of aromatic nitrogens is 1. The minimum atomic E-state index is -0.357. The van der Waals surface area contributed by atoms with E-state index in [1.807, 2.05) is 7.05 Å². The second kappa shape index (κ2) is 5.65. The van der Waals surface area contributed by atoms with Gasteiger partial charge in [-0.15, -0.1) is 0 Å². The van der Waals surface area contributed by atoms with Gasteiger partial charge in [0.05, 0.1) is 11.9 Å². The minimum absolute atomic E-state index is 0.138. The number of carbonyl (C=O) groups is 1. The summed E-state index contributed by atoms with van der Waals surface area (Å²) in [5, 5.41) is 3.49. The van der Waals surface area contributed by atoms with Gasteiger partial charge in [-0.1, -0.05) is 12.1 Å². The average Bonchev–Trinajstić information content (AvgIpc) is 2.48. The van der Waals surface area contributed by atoms with E-state index in [1.54, 1.807) is 23.1 Å². The molecule has 2 aromatic rings. The van der Waals surface area contributed by atoms with E-state index in [0.29, 0.717) is 29.7 Å². The van der Waals surface area contributed by atoms with Crippen molar-refractivity contribution in [3.63, 3.8) is 0 Å². The van der Waals surface area contributed by atoms with Crippen molar-refractivity contribution in [3.05, 3.63) is 36.3 Å². The summed E-state index contributed by atoms with van der Waals surface area (Å²) in [4.78, 5) is 20.2. The monoisotopic (exact) mass is 288 g/mol. The number of likely N-dealkylation sites (N-methyl/N-ethyl adjacent to an activating group) is 1. The molecule has 0 spiro atoms. The van der Waals surface area contributed by atoms with E-state index in [0.717, 1.165) is 13.1 Å². The quantitative estimate of drug-likeness (QED) is 0.874. The summed E-state index contributed by atoms with van der Waals surface area (Å²) in [6.45, 7) is 3.15. The molecule has 1 aliphatic rings. The van der Waals surface area contributed by atoms with Crippen LogP contribution < -0.4 is 5.32 Å². The number of fused-ring (bicyclic) bond motifs is 1. The topological polar surface area (TPSA) is 48.5 Å². The van der Waals surface area contributed by atoms with Gasteiger partial charge < -0.3 is 15.1 Å². The van der Waals surface area contributed by atoms with E-state index in [2.05, 4.69) is 15.2 Å². The molecular weight excluding hydrogens is 271 g/mol. The second-order valence-corrected chi connectivity index (χ2v) is 5.26. The maximum atomic E-state index is 13.5. The highest BCUT2D eigenvalue weighted by Crippen LogP contribution is 2.19. The Morgan fingerprint density at radius 3 is 2.81 bits per heavy atom. The van der Waals surface area contributed by atoms with Crippen LogP contribution in [0.1, 0.15) is 0 Å². The van der Waals surface area contributed by atoms with Gasteiger partial charge in [-0.25, -0.2) is 9.18 Å². The molecule has 0 saturated carbocycles. The van der Waals surface area contributed by atoms with Gasteiger partial charge >= 0.3 is 6.03 Å². The van der Waals surface area contributed by atoms with Crippen LogP contribution in [0, 0.1) is 5.82 Å². The molecule has 1 aromatic carbocycles. The van der Waals surface area contributed by atoms with E-state index in [-0.39, 0.29) is 11.8 Å². The third-order valence-corrected chi connectivity index (χ3v) is 3.70. The summed E-state index contributed by atoms with van der Waals surface area (Å²) >= 11 is 0. The van der Waals surface area contributed by atoms with Crippen LogP contribution in [0.3, 0.4) is 0 Å². The number of para-hydroxylation sites is 1. The summed E-state index contributed by atoms with van der Waals surface area (Å²) in [7, 11) is 2.04. The summed E-state index contributed by atoms with van der Waals surface area (Å²) < 4.78 is 13.5. The molecule has 6 heteroatoms. The maximum Gasteiger partial charge on any atom is 0.321 e. The molecule has 2 heterocycles. The maximum absolute atomic E-state index is 13.5. The van der Waals surface area contributed by atoms with Crippen LogP contribution in [0.2, 0.25) is 0 Å². The number of nitrogens with one attached hydrogen (secondary N) is 1. The van der Waals surface area contributed by atoms with Gasteiger partial charge in [-0.05, 0) is 19.2 Å². The van der Waals surface area contributed by atoms with Crippen molar-refractivity contribution < 1.29 is 9.18 Å². The number of anilines is 1. The van der Waals surface area contributed by atoms with Crippen molar-refractivity contribution >= 4 is 22.6 Å².